The van der Waals surface area contributed by atoms with Crippen molar-refractivity contribution in [3.8, 4) is 0 Å². The maximum absolute atomic E-state index is 11.8. The quantitative estimate of drug-likeness (QED) is 0.716. The highest BCUT2D eigenvalue weighted by Gasteiger charge is 2.09. The first-order chi connectivity index (χ1) is 8.99. The molecule has 1 rings (SSSR count). The smallest absolute Gasteiger partial charge is 0.188 e. The van der Waals surface area contributed by atoms with Crippen LogP contribution >= 0.6 is 11.6 Å². The SMILES string of the molecule is CC(C)NCC(O)COCC(=O)c1cccc(Cl)c1. The molecule has 19 heavy (non-hydrogen) atoms. The van der Waals surface area contributed by atoms with Gasteiger partial charge in [-0.3, -0.25) is 4.79 Å². The zero-order valence-corrected chi connectivity index (χ0v) is 12.0. The molecule has 4 nitrogen and oxygen atoms in total. The van der Waals surface area contributed by atoms with Crippen LogP contribution in [0.4, 0.5) is 0 Å². The van der Waals surface area contributed by atoms with Crippen LogP contribution in [0, 0.1) is 0 Å². The molecule has 0 saturated heterocycles. The molecule has 0 amide bonds. The number of halogens is 1. The highest BCUT2D eigenvalue weighted by molar-refractivity contribution is 6.31. The lowest BCUT2D eigenvalue weighted by Crippen LogP contribution is -2.34. The van der Waals surface area contributed by atoms with Gasteiger partial charge in [-0.1, -0.05) is 37.6 Å². The minimum absolute atomic E-state index is 0.0565. The molecular weight excluding hydrogens is 266 g/mol. The van der Waals surface area contributed by atoms with Crippen molar-refractivity contribution in [3.63, 3.8) is 0 Å². The van der Waals surface area contributed by atoms with Gasteiger partial charge in [0, 0.05) is 23.2 Å². The van der Waals surface area contributed by atoms with Crippen LogP contribution in [0.25, 0.3) is 0 Å². The number of hydrogen-bond donors (Lipinski definition) is 2. The predicted molar refractivity (Wildman–Crippen MR) is 75.7 cm³/mol. The molecule has 1 atom stereocenters. The molecule has 0 aliphatic heterocycles. The highest BCUT2D eigenvalue weighted by atomic mass is 35.5. The van der Waals surface area contributed by atoms with Crippen LogP contribution in [-0.4, -0.2) is 42.8 Å². The first-order valence-corrected chi connectivity index (χ1v) is 6.64. The summed E-state index contributed by atoms with van der Waals surface area (Å²) in [7, 11) is 0. The normalized spacial score (nSPS) is 12.7. The minimum atomic E-state index is -0.616. The van der Waals surface area contributed by atoms with Crippen LogP contribution in [0.15, 0.2) is 24.3 Å². The zero-order valence-electron chi connectivity index (χ0n) is 11.2. The molecule has 106 valence electrons. The Morgan fingerprint density at radius 1 is 1.47 bits per heavy atom. The molecule has 1 unspecified atom stereocenters. The molecule has 0 saturated carbocycles. The molecule has 0 fully saturated rings. The summed E-state index contributed by atoms with van der Waals surface area (Å²) in [5.74, 6) is -0.147. The number of nitrogens with one attached hydrogen (secondary N) is 1. The highest BCUT2D eigenvalue weighted by Crippen LogP contribution is 2.11. The van der Waals surface area contributed by atoms with E-state index in [2.05, 4.69) is 5.32 Å². The number of Topliss-reactive ketones (excluding diaryl/α,β-unsaturated/α-hetero) is 1. The van der Waals surface area contributed by atoms with E-state index in [0.717, 1.165) is 0 Å². The zero-order chi connectivity index (χ0) is 14.3. The van der Waals surface area contributed by atoms with Crippen molar-refractivity contribution >= 4 is 17.4 Å². The van der Waals surface area contributed by atoms with Crippen LogP contribution in [0.3, 0.4) is 0 Å². The topological polar surface area (TPSA) is 58.6 Å². The van der Waals surface area contributed by atoms with Gasteiger partial charge in [0.15, 0.2) is 5.78 Å². The standard InChI is InChI=1S/C14H20ClNO3/c1-10(2)16-7-13(17)8-19-9-14(18)11-4-3-5-12(15)6-11/h3-6,10,13,16-17H,7-9H2,1-2H3. The molecule has 0 aliphatic carbocycles. The van der Waals surface area contributed by atoms with Crippen molar-refractivity contribution in [1.82, 2.24) is 5.32 Å². The van der Waals surface area contributed by atoms with Crippen LogP contribution in [0.1, 0.15) is 24.2 Å². The third-order valence-electron chi connectivity index (χ3n) is 2.45. The Balaban J connectivity index is 2.27. The van der Waals surface area contributed by atoms with Gasteiger partial charge in [-0.15, -0.1) is 0 Å². The van der Waals surface area contributed by atoms with Crippen molar-refractivity contribution in [2.45, 2.75) is 26.0 Å². The summed E-state index contributed by atoms with van der Waals surface area (Å²) in [6.45, 7) is 4.51. The molecule has 1 aromatic carbocycles. The van der Waals surface area contributed by atoms with Crippen molar-refractivity contribution < 1.29 is 14.6 Å². The fourth-order valence-corrected chi connectivity index (χ4v) is 1.65. The number of aliphatic hydroxyl groups excluding tert-OH is 1. The van der Waals surface area contributed by atoms with Crippen molar-refractivity contribution in [1.29, 1.82) is 0 Å². The summed E-state index contributed by atoms with van der Waals surface area (Å²) in [6.07, 6.45) is -0.616. The van der Waals surface area contributed by atoms with Crippen molar-refractivity contribution in [2.24, 2.45) is 0 Å². The lowest BCUT2D eigenvalue weighted by atomic mass is 10.1. The lowest BCUT2D eigenvalue weighted by Gasteiger charge is -2.14. The fourth-order valence-electron chi connectivity index (χ4n) is 1.46. The van der Waals surface area contributed by atoms with Gasteiger partial charge in [0.1, 0.15) is 6.61 Å². The van der Waals surface area contributed by atoms with E-state index in [1.807, 2.05) is 13.8 Å². The third-order valence-corrected chi connectivity index (χ3v) is 2.69. The summed E-state index contributed by atoms with van der Waals surface area (Å²) < 4.78 is 5.20. The van der Waals surface area contributed by atoms with Crippen LogP contribution in [0.2, 0.25) is 5.02 Å². The summed E-state index contributed by atoms with van der Waals surface area (Å²) in [6, 6.07) is 7.03. The molecule has 0 radical (unpaired) electrons. The molecule has 0 spiro atoms. The van der Waals surface area contributed by atoms with E-state index in [-0.39, 0.29) is 19.0 Å². The van der Waals surface area contributed by atoms with E-state index in [0.29, 0.717) is 23.2 Å². The van der Waals surface area contributed by atoms with Gasteiger partial charge in [0.25, 0.3) is 0 Å². The molecule has 0 heterocycles. The summed E-state index contributed by atoms with van der Waals surface area (Å²) in [5.41, 5.74) is 0.516. The molecule has 0 aromatic heterocycles. The second-order valence-electron chi connectivity index (χ2n) is 4.67. The molecular formula is C14H20ClNO3. The Kier molecular flexibility index (Phi) is 7.02. The molecule has 2 N–H and O–H groups in total. The van der Waals surface area contributed by atoms with E-state index in [4.69, 9.17) is 16.3 Å². The minimum Gasteiger partial charge on any atom is -0.389 e. The number of ether oxygens (including phenoxy) is 1. The second-order valence-corrected chi connectivity index (χ2v) is 5.10. The van der Waals surface area contributed by atoms with Crippen molar-refractivity contribution in [2.75, 3.05) is 19.8 Å². The Morgan fingerprint density at radius 3 is 2.84 bits per heavy atom. The molecule has 1 aromatic rings. The van der Waals surface area contributed by atoms with Gasteiger partial charge in [-0.25, -0.2) is 0 Å². The van der Waals surface area contributed by atoms with Crippen molar-refractivity contribution in [3.05, 3.63) is 34.9 Å². The summed E-state index contributed by atoms with van der Waals surface area (Å²) in [4.78, 5) is 11.8. The fraction of sp³-hybridized carbons (Fsp3) is 0.500. The van der Waals surface area contributed by atoms with Crippen LogP contribution in [-0.2, 0) is 4.74 Å². The van der Waals surface area contributed by atoms with E-state index in [9.17, 15) is 9.90 Å². The van der Waals surface area contributed by atoms with Gasteiger partial charge in [0.2, 0.25) is 0 Å². The lowest BCUT2D eigenvalue weighted by molar-refractivity contribution is 0.0349. The van der Waals surface area contributed by atoms with Gasteiger partial charge >= 0.3 is 0 Å². The molecule has 5 heteroatoms. The Labute approximate surface area is 118 Å². The Morgan fingerprint density at radius 2 is 2.21 bits per heavy atom. The maximum Gasteiger partial charge on any atom is 0.188 e. The predicted octanol–water partition coefficient (Wildman–Crippen LogP) is 1.90. The first-order valence-electron chi connectivity index (χ1n) is 6.27. The van der Waals surface area contributed by atoms with Gasteiger partial charge in [-0.05, 0) is 12.1 Å². The molecule has 0 aliphatic rings. The second kappa shape index (κ2) is 8.27. The van der Waals surface area contributed by atoms with E-state index >= 15 is 0 Å². The first kappa shape index (κ1) is 16.1. The number of carbonyl (C=O) groups is 1. The number of aliphatic hydroxyl groups is 1. The van der Waals surface area contributed by atoms with Crippen LogP contribution < -0.4 is 5.32 Å². The van der Waals surface area contributed by atoms with Gasteiger partial charge < -0.3 is 15.2 Å². The number of rotatable bonds is 8. The largest absolute Gasteiger partial charge is 0.389 e. The number of hydrogen-bond acceptors (Lipinski definition) is 4. The van der Waals surface area contributed by atoms with Crippen LogP contribution in [0.5, 0.6) is 0 Å². The van der Waals surface area contributed by atoms with Gasteiger partial charge in [-0.2, -0.15) is 0 Å². The Bertz CT molecular complexity index is 409. The molecule has 0 bridgehead atoms. The van der Waals surface area contributed by atoms with E-state index in [1.54, 1.807) is 24.3 Å². The Hall–Kier alpha value is -0.940. The number of carbonyl (C=O) groups excluding carboxylic acids is 1. The number of ketones is 1. The van der Waals surface area contributed by atoms with Gasteiger partial charge in [0.05, 0.1) is 12.7 Å². The summed E-state index contributed by atoms with van der Waals surface area (Å²) in [5, 5.41) is 13.2. The maximum atomic E-state index is 11.8. The monoisotopic (exact) mass is 285 g/mol. The summed E-state index contributed by atoms with van der Waals surface area (Å²) >= 11 is 5.80. The van der Waals surface area contributed by atoms with E-state index < -0.39 is 6.10 Å². The third kappa shape index (κ3) is 6.68. The average Bonchev–Trinajstić information content (AvgIpc) is 2.36. The van der Waals surface area contributed by atoms with E-state index in [1.165, 1.54) is 0 Å². The average molecular weight is 286 g/mol. The number of benzene rings is 1.